The topological polar surface area (TPSA) is 9.23 Å². The van der Waals surface area contributed by atoms with Crippen LogP contribution in [0.15, 0.2) is 116 Å². The molecule has 0 heterocycles. The van der Waals surface area contributed by atoms with Crippen molar-refractivity contribution in [1.29, 1.82) is 0 Å². The van der Waals surface area contributed by atoms with Gasteiger partial charge >= 0.3 is 0 Å². The Morgan fingerprint density at radius 1 is 0.314 bits per heavy atom. The average Bonchev–Trinajstić information content (AvgIpc) is 3.01. The molecule has 0 aliphatic rings. The molecule has 0 aromatic heterocycles. The minimum absolute atomic E-state index is 0.0526. The van der Waals surface area contributed by atoms with Crippen molar-refractivity contribution < 1.29 is 4.74 Å². The van der Waals surface area contributed by atoms with Gasteiger partial charge in [-0.25, -0.2) is 0 Å². The first kappa shape index (κ1) is 48.4. The van der Waals surface area contributed by atoms with Gasteiger partial charge in [0.05, 0.1) is 12.2 Å². The quantitative estimate of drug-likeness (QED) is 0.0817. The summed E-state index contributed by atoms with van der Waals surface area (Å²) in [6.07, 6.45) is 39.2. The van der Waals surface area contributed by atoms with Crippen LogP contribution in [0.25, 0.3) is 0 Å². The molecule has 51 heavy (non-hydrogen) atoms. The molecule has 2 atom stereocenters. The molecular weight excluding hydrogens is 617 g/mol. The SMILES string of the molecule is CC(C)=CCCC(C)=CCCC(C)=CC(C/C=C(\C)CCC=C(C)C)OC(C=C(C)CCC=C(C)CCC=C(C)C)C/C=C(\C)CCC=C(C)C. The standard InChI is InChI=1S/C50H82O/c1-39(2)21-15-25-43(9)29-19-31-47(13)37-49(35-33-45(11)27-17-23-41(5)6)51-50(36-34-46(12)28-18-24-42(7)8)38-48(14)32-20-30-44(10)26-16-22-40(3)4/h21-24,29-30,33-34,37-38,49-50H,15-20,25-28,31-32,35-36H2,1-14H3/b43-29?,44-30?,45-33+,46-34+,47-37?,48-38?. The zero-order chi connectivity index (χ0) is 38.6. The third kappa shape index (κ3) is 31.8. The summed E-state index contributed by atoms with van der Waals surface area (Å²) >= 11 is 0. The molecule has 2 unspecified atom stereocenters. The monoisotopic (exact) mass is 699 g/mol. The average molecular weight is 699 g/mol. The number of ether oxygens (including phenoxy) is 1. The van der Waals surface area contributed by atoms with Crippen molar-refractivity contribution in [3.8, 4) is 0 Å². The summed E-state index contributed by atoms with van der Waals surface area (Å²) in [7, 11) is 0. The van der Waals surface area contributed by atoms with E-state index in [1.807, 2.05) is 0 Å². The van der Waals surface area contributed by atoms with Crippen molar-refractivity contribution in [1.82, 2.24) is 0 Å². The molecule has 0 rings (SSSR count). The van der Waals surface area contributed by atoms with Gasteiger partial charge in [-0.2, -0.15) is 0 Å². The molecule has 0 saturated carbocycles. The third-order valence-electron chi connectivity index (χ3n) is 9.12. The Hall–Kier alpha value is -2.64. The second-order valence-electron chi connectivity index (χ2n) is 16.3. The van der Waals surface area contributed by atoms with E-state index in [0.717, 1.165) is 89.9 Å². The van der Waals surface area contributed by atoms with Gasteiger partial charge in [0.2, 0.25) is 0 Å². The molecule has 0 saturated heterocycles. The number of allylic oxidation sites excluding steroid dienone is 16. The van der Waals surface area contributed by atoms with Crippen LogP contribution in [0.4, 0.5) is 0 Å². The third-order valence-corrected chi connectivity index (χ3v) is 9.12. The predicted molar refractivity (Wildman–Crippen MR) is 234 cm³/mol. The van der Waals surface area contributed by atoms with Gasteiger partial charge in [0, 0.05) is 0 Å². The Bertz CT molecular complexity index is 1180. The summed E-state index contributed by atoms with van der Waals surface area (Å²) in [4.78, 5) is 0. The van der Waals surface area contributed by atoms with Gasteiger partial charge in [-0.05, 0) is 187 Å². The second kappa shape index (κ2) is 29.9. The van der Waals surface area contributed by atoms with E-state index in [0.29, 0.717) is 0 Å². The molecule has 0 aromatic carbocycles. The fraction of sp³-hybridized carbons (Fsp3) is 0.600. The van der Waals surface area contributed by atoms with Crippen LogP contribution in [0.1, 0.15) is 187 Å². The minimum Gasteiger partial charge on any atom is -0.366 e. The maximum absolute atomic E-state index is 7.07. The molecule has 0 bridgehead atoms. The number of rotatable bonds is 26. The van der Waals surface area contributed by atoms with Crippen LogP contribution in [-0.2, 0) is 4.74 Å². The fourth-order valence-corrected chi connectivity index (χ4v) is 5.84. The lowest BCUT2D eigenvalue weighted by atomic mass is 10.0. The molecule has 0 aliphatic heterocycles. The molecule has 288 valence electrons. The van der Waals surface area contributed by atoms with Crippen molar-refractivity contribution in [2.45, 2.75) is 199 Å². The van der Waals surface area contributed by atoms with Crippen LogP contribution in [0.2, 0.25) is 0 Å². The van der Waals surface area contributed by atoms with E-state index < -0.39 is 0 Å². The van der Waals surface area contributed by atoms with Gasteiger partial charge in [0.15, 0.2) is 0 Å². The molecular formula is C50H82O. The van der Waals surface area contributed by atoms with E-state index in [2.05, 4.69) is 158 Å². The van der Waals surface area contributed by atoms with Crippen LogP contribution in [0.3, 0.4) is 0 Å². The van der Waals surface area contributed by atoms with E-state index in [4.69, 9.17) is 4.74 Å². The van der Waals surface area contributed by atoms with Crippen LogP contribution >= 0.6 is 0 Å². The highest BCUT2D eigenvalue weighted by atomic mass is 16.5. The molecule has 0 amide bonds. The van der Waals surface area contributed by atoms with Gasteiger partial charge in [-0.3, -0.25) is 0 Å². The van der Waals surface area contributed by atoms with Gasteiger partial charge in [0.25, 0.3) is 0 Å². The van der Waals surface area contributed by atoms with Crippen LogP contribution in [-0.4, -0.2) is 12.2 Å². The van der Waals surface area contributed by atoms with Crippen molar-refractivity contribution in [2.75, 3.05) is 0 Å². The lowest BCUT2D eigenvalue weighted by molar-refractivity contribution is 0.0437. The first-order valence-corrected chi connectivity index (χ1v) is 20.2. The van der Waals surface area contributed by atoms with Crippen LogP contribution < -0.4 is 0 Å². The summed E-state index contributed by atoms with van der Waals surface area (Å²) in [5.74, 6) is 0. The Balaban J connectivity index is 6.14. The fourth-order valence-electron chi connectivity index (χ4n) is 5.84. The van der Waals surface area contributed by atoms with Gasteiger partial charge < -0.3 is 4.74 Å². The van der Waals surface area contributed by atoms with E-state index in [1.165, 1.54) is 55.7 Å². The van der Waals surface area contributed by atoms with Gasteiger partial charge in [-0.1, -0.05) is 116 Å². The van der Waals surface area contributed by atoms with E-state index >= 15 is 0 Å². The van der Waals surface area contributed by atoms with Crippen molar-refractivity contribution in [3.63, 3.8) is 0 Å². The van der Waals surface area contributed by atoms with Crippen molar-refractivity contribution in [3.05, 3.63) is 116 Å². The Morgan fingerprint density at radius 3 is 0.824 bits per heavy atom. The summed E-state index contributed by atoms with van der Waals surface area (Å²) in [6, 6.07) is 0. The van der Waals surface area contributed by atoms with E-state index in [-0.39, 0.29) is 12.2 Å². The second-order valence-corrected chi connectivity index (χ2v) is 16.3. The molecule has 1 heteroatoms. The van der Waals surface area contributed by atoms with Crippen LogP contribution in [0.5, 0.6) is 0 Å². The first-order valence-electron chi connectivity index (χ1n) is 20.2. The Morgan fingerprint density at radius 2 is 0.549 bits per heavy atom. The summed E-state index contributed by atoms with van der Waals surface area (Å²) in [6.45, 7) is 31.2. The molecule has 0 aliphatic carbocycles. The smallest absolute Gasteiger partial charge is 0.0801 e. The van der Waals surface area contributed by atoms with Gasteiger partial charge in [-0.15, -0.1) is 0 Å². The molecule has 0 radical (unpaired) electrons. The molecule has 0 spiro atoms. The number of hydrogen-bond acceptors (Lipinski definition) is 1. The largest absolute Gasteiger partial charge is 0.366 e. The highest BCUT2D eigenvalue weighted by molar-refractivity contribution is 5.13. The maximum Gasteiger partial charge on any atom is 0.0801 e. The zero-order valence-electron chi connectivity index (χ0n) is 36.2. The lowest BCUT2D eigenvalue weighted by Gasteiger charge is -2.22. The highest BCUT2D eigenvalue weighted by Crippen LogP contribution is 2.21. The normalized spacial score (nSPS) is 14.6. The highest BCUT2D eigenvalue weighted by Gasteiger charge is 2.14. The molecule has 0 aromatic rings. The molecule has 1 nitrogen and oxygen atoms in total. The lowest BCUT2D eigenvalue weighted by Crippen LogP contribution is -2.19. The molecule has 0 fully saturated rings. The number of hydrogen-bond donors (Lipinski definition) is 0. The Labute approximate surface area is 319 Å². The van der Waals surface area contributed by atoms with E-state index in [1.54, 1.807) is 0 Å². The predicted octanol–water partition coefficient (Wildman–Crippen LogP) is 16.7. The molecule has 0 N–H and O–H groups in total. The summed E-state index contributed by atoms with van der Waals surface area (Å²) < 4.78 is 7.07. The Kier molecular flexibility index (Phi) is 28.3. The summed E-state index contributed by atoms with van der Waals surface area (Å²) in [5.41, 5.74) is 14.3. The minimum atomic E-state index is 0.0526. The zero-order valence-corrected chi connectivity index (χ0v) is 36.2. The van der Waals surface area contributed by atoms with Crippen molar-refractivity contribution in [2.24, 2.45) is 0 Å². The maximum atomic E-state index is 7.07. The summed E-state index contributed by atoms with van der Waals surface area (Å²) in [5, 5.41) is 0. The van der Waals surface area contributed by atoms with Crippen LogP contribution in [0, 0.1) is 0 Å². The van der Waals surface area contributed by atoms with Gasteiger partial charge in [0.1, 0.15) is 0 Å². The first-order chi connectivity index (χ1) is 24.1. The van der Waals surface area contributed by atoms with E-state index in [9.17, 15) is 0 Å². The van der Waals surface area contributed by atoms with Crippen molar-refractivity contribution >= 4 is 0 Å².